The van der Waals surface area contributed by atoms with E-state index < -0.39 is 8.80 Å². The monoisotopic (exact) mass is 444 g/mol. The van der Waals surface area contributed by atoms with Crippen molar-refractivity contribution in [3.05, 3.63) is 47.7 Å². The van der Waals surface area contributed by atoms with Crippen LogP contribution in [0.4, 0.5) is 0 Å². The second-order valence-corrected chi connectivity index (χ2v) is 10.0. The summed E-state index contributed by atoms with van der Waals surface area (Å²) in [7, 11) is -2.78. The molecule has 4 nitrogen and oxygen atoms in total. The third-order valence-corrected chi connectivity index (χ3v) is 7.77. The predicted octanol–water partition coefficient (Wildman–Crippen LogP) is 7.18. The molecule has 0 atom stereocenters. The van der Waals surface area contributed by atoms with Crippen LogP contribution >= 0.6 is 0 Å². The fraction of sp³-hybridized carbons (Fsp3) is 0.538. The van der Waals surface area contributed by atoms with Gasteiger partial charge in [0.1, 0.15) is 5.75 Å². The van der Waals surface area contributed by atoms with Gasteiger partial charge in [-0.1, -0.05) is 63.3 Å². The summed E-state index contributed by atoms with van der Waals surface area (Å²) in [6.45, 7) is 10.6. The van der Waals surface area contributed by atoms with Gasteiger partial charge in [0.15, 0.2) is 0 Å². The minimum absolute atomic E-state index is 0.565. The normalized spacial score (nSPS) is 12.1. The van der Waals surface area contributed by atoms with E-state index in [0.29, 0.717) is 19.8 Å². The standard InChI is InChI=1S/C26H40O4Si/c1-5-9-10-11-12-13-19-27-26-17-16-24-21-23(14-15-25(24)22-26)18-20-31(28-6-2,29-7-3)30-8-4/h14-18,20-22H,5-13,19H2,1-4H3/b20-18+. The lowest BCUT2D eigenvalue weighted by Crippen LogP contribution is -2.44. The fourth-order valence-electron chi connectivity index (χ4n) is 3.58. The minimum Gasteiger partial charge on any atom is -0.494 e. The number of fused-ring (bicyclic) bond motifs is 1. The molecule has 172 valence electrons. The smallest absolute Gasteiger partial charge is 0.494 e. The van der Waals surface area contributed by atoms with Crippen molar-refractivity contribution >= 4 is 25.7 Å². The highest BCUT2D eigenvalue weighted by molar-refractivity contribution is 6.67. The van der Waals surface area contributed by atoms with E-state index in [1.54, 1.807) is 0 Å². The Morgan fingerprint density at radius 1 is 0.710 bits per heavy atom. The number of unbranched alkanes of at least 4 members (excludes halogenated alkanes) is 5. The van der Waals surface area contributed by atoms with Crippen LogP contribution in [0.3, 0.4) is 0 Å². The first-order valence-corrected chi connectivity index (χ1v) is 13.7. The second kappa shape index (κ2) is 14.4. The third kappa shape index (κ3) is 8.77. The lowest BCUT2D eigenvalue weighted by molar-refractivity contribution is 0.0845. The molecule has 0 saturated heterocycles. The lowest BCUT2D eigenvalue weighted by atomic mass is 10.1. The van der Waals surface area contributed by atoms with Crippen LogP contribution in [0.2, 0.25) is 0 Å². The molecule has 2 rings (SSSR count). The van der Waals surface area contributed by atoms with Crippen molar-refractivity contribution in [3.63, 3.8) is 0 Å². The average Bonchev–Trinajstić information content (AvgIpc) is 2.77. The molecule has 0 spiro atoms. The van der Waals surface area contributed by atoms with Crippen LogP contribution in [0.15, 0.2) is 42.1 Å². The van der Waals surface area contributed by atoms with Crippen molar-refractivity contribution in [2.75, 3.05) is 26.4 Å². The van der Waals surface area contributed by atoms with Crippen molar-refractivity contribution in [2.45, 2.75) is 66.2 Å². The van der Waals surface area contributed by atoms with E-state index in [4.69, 9.17) is 18.0 Å². The molecule has 0 amide bonds. The molecule has 31 heavy (non-hydrogen) atoms. The Hall–Kier alpha value is -1.66. The van der Waals surface area contributed by atoms with Gasteiger partial charge < -0.3 is 18.0 Å². The summed E-state index contributed by atoms with van der Waals surface area (Å²) in [6.07, 6.45) is 9.71. The lowest BCUT2D eigenvalue weighted by Gasteiger charge is -2.25. The zero-order valence-electron chi connectivity index (χ0n) is 19.8. The number of rotatable bonds is 16. The van der Waals surface area contributed by atoms with Gasteiger partial charge in [-0.3, -0.25) is 0 Å². The van der Waals surface area contributed by atoms with Crippen LogP contribution < -0.4 is 4.74 Å². The predicted molar refractivity (Wildman–Crippen MR) is 132 cm³/mol. The second-order valence-electron chi connectivity index (χ2n) is 7.62. The van der Waals surface area contributed by atoms with Crippen molar-refractivity contribution < 1.29 is 18.0 Å². The highest BCUT2D eigenvalue weighted by Crippen LogP contribution is 2.24. The van der Waals surface area contributed by atoms with Gasteiger partial charge in [-0.2, -0.15) is 0 Å². The molecule has 0 radical (unpaired) electrons. The summed E-state index contributed by atoms with van der Waals surface area (Å²) >= 11 is 0. The van der Waals surface area contributed by atoms with Crippen LogP contribution in [0.25, 0.3) is 16.8 Å². The Kier molecular flexibility index (Phi) is 11.9. The molecule has 0 bridgehead atoms. The summed E-state index contributed by atoms with van der Waals surface area (Å²) in [6, 6.07) is 12.7. The van der Waals surface area contributed by atoms with Crippen LogP contribution in [0, 0.1) is 0 Å². The number of hydrogen-bond acceptors (Lipinski definition) is 4. The summed E-state index contributed by atoms with van der Waals surface area (Å²) in [4.78, 5) is 0. The Morgan fingerprint density at radius 2 is 1.32 bits per heavy atom. The zero-order chi connectivity index (χ0) is 22.4. The molecule has 0 fully saturated rings. The van der Waals surface area contributed by atoms with E-state index in [2.05, 4.69) is 49.4 Å². The van der Waals surface area contributed by atoms with Crippen LogP contribution in [0.5, 0.6) is 5.75 Å². The first-order valence-electron chi connectivity index (χ1n) is 11.9. The molecule has 0 aromatic heterocycles. The van der Waals surface area contributed by atoms with Crippen molar-refractivity contribution in [2.24, 2.45) is 0 Å². The van der Waals surface area contributed by atoms with Gasteiger partial charge in [-0.15, -0.1) is 0 Å². The molecule has 0 aliphatic heterocycles. The maximum Gasteiger partial charge on any atom is 0.529 e. The topological polar surface area (TPSA) is 36.9 Å². The Balaban J connectivity index is 1.99. The average molecular weight is 445 g/mol. The number of benzene rings is 2. The Morgan fingerprint density at radius 3 is 2.00 bits per heavy atom. The quantitative estimate of drug-likeness (QED) is 0.203. The van der Waals surface area contributed by atoms with Gasteiger partial charge in [0, 0.05) is 19.8 Å². The van der Waals surface area contributed by atoms with Crippen LogP contribution in [-0.4, -0.2) is 35.2 Å². The SMILES string of the molecule is CCCCCCCCOc1ccc2cc(/C=C/[Si](OCC)(OCC)OCC)ccc2c1. The highest BCUT2D eigenvalue weighted by atomic mass is 28.4. The Labute approximate surface area is 189 Å². The van der Waals surface area contributed by atoms with E-state index in [0.717, 1.165) is 24.3 Å². The molecule has 0 saturated carbocycles. The first kappa shape index (κ1) is 25.6. The molecule has 0 aliphatic carbocycles. The molecule has 2 aromatic rings. The van der Waals surface area contributed by atoms with Gasteiger partial charge in [-0.25, -0.2) is 0 Å². The number of hydrogen-bond donors (Lipinski definition) is 0. The van der Waals surface area contributed by atoms with Gasteiger partial charge in [0.25, 0.3) is 0 Å². The third-order valence-electron chi connectivity index (χ3n) is 5.12. The molecule has 2 aromatic carbocycles. The summed E-state index contributed by atoms with van der Waals surface area (Å²) in [5.74, 6) is 0.944. The van der Waals surface area contributed by atoms with Crippen molar-refractivity contribution in [3.8, 4) is 5.75 Å². The van der Waals surface area contributed by atoms with E-state index in [9.17, 15) is 0 Å². The van der Waals surface area contributed by atoms with E-state index in [-0.39, 0.29) is 0 Å². The van der Waals surface area contributed by atoms with E-state index in [1.165, 1.54) is 42.9 Å². The van der Waals surface area contributed by atoms with Gasteiger partial charge in [0.05, 0.1) is 6.61 Å². The van der Waals surface area contributed by atoms with Gasteiger partial charge in [-0.05, 0) is 67.4 Å². The first-order chi connectivity index (χ1) is 15.2. The fourth-order valence-corrected chi connectivity index (χ4v) is 5.72. The number of ether oxygens (including phenoxy) is 1. The summed E-state index contributed by atoms with van der Waals surface area (Å²) < 4.78 is 23.7. The maximum atomic E-state index is 5.97. The van der Waals surface area contributed by atoms with E-state index in [1.807, 2.05) is 26.5 Å². The molecule has 0 N–H and O–H groups in total. The van der Waals surface area contributed by atoms with Crippen molar-refractivity contribution in [1.82, 2.24) is 0 Å². The molecule has 0 aliphatic rings. The van der Waals surface area contributed by atoms with Gasteiger partial charge in [0.2, 0.25) is 0 Å². The van der Waals surface area contributed by atoms with Crippen LogP contribution in [0.1, 0.15) is 71.8 Å². The van der Waals surface area contributed by atoms with Gasteiger partial charge >= 0.3 is 8.80 Å². The highest BCUT2D eigenvalue weighted by Gasteiger charge is 2.37. The summed E-state index contributed by atoms with van der Waals surface area (Å²) in [5.41, 5.74) is 3.09. The minimum atomic E-state index is -2.78. The molecular formula is C26H40O4Si. The summed E-state index contributed by atoms with van der Waals surface area (Å²) in [5, 5.41) is 2.37. The molecule has 0 heterocycles. The maximum absolute atomic E-state index is 5.97. The zero-order valence-corrected chi connectivity index (χ0v) is 20.8. The largest absolute Gasteiger partial charge is 0.529 e. The molecular weight excluding hydrogens is 404 g/mol. The van der Waals surface area contributed by atoms with Crippen LogP contribution in [-0.2, 0) is 13.3 Å². The molecule has 5 heteroatoms. The molecule has 0 unspecified atom stereocenters. The Bertz CT molecular complexity index is 773. The van der Waals surface area contributed by atoms with Crippen molar-refractivity contribution in [1.29, 1.82) is 0 Å². The van der Waals surface area contributed by atoms with E-state index >= 15 is 0 Å².